The number of amides is 2. The van der Waals surface area contributed by atoms with Crippen molar-refractivity contribution in [2.75, 3.05) is 12.0 Å². The Hall–Kier alpha value is -2.67. The number of ether oxygens (including phenoxy) is 1. The van der Waals surface area contributed by atoms with E-state index in [2.05, 4.69) is 15.6 Å². The summed E-state index contributed by atoms with van der Waals surface area (Å²) in [5.74, 6) is -1.62. The quantitative estimate of drug-likeness (QED) is 0.577. The van der Waals surface area contributed by atoms with Gasteiger partial charge < -0.3 is 10.2 Å². The van der Waals surface area contributed by atoms with Crippen LogP contribution in [0.2, 0.25) is 0 Å². The number of carbonyl (C=O) groups is 3. The van der Waals surface area contributed by atoms with E-state index in [9.17, 15) is 14.4 Å². The predicted molar refractivity (Wildman–Crippen MR) is 72.8 cm³/mol. The molecule has 108 valence electrons. The SMILES string of the molecule is COC(=O)C1=C2C(=O)N(c3ccccc3C)C(=O)C2NN1. The lowest BCUT2D eigenvalue weighted by Gasteiger charge is -2.17. The van der Waals surface area contributed by atoms with Crippen LogP contribution in [0.4, 0.5) is 5.69 Å². The summed E-state index contributed by atoms with van der Waals surface area (Å²) in [6.07, 6.45) is 0. The fourth-order valence-electron chi connectivity index (χ4n) is 2.50. The molecule has 1 saturated heterocycles. The van der Waals surface area contributed by atoms with E-state index in [1.165, 1.54) is 7.11 Å². The normalized spacial score (nSPS) is 20.7. The van der Waals surface area contributed by atoms with Gasteiger partial charge in [-0.2, -0.15) is 0 Å². The third-order valence-corrected chi connectivity index (χ3v) is 3.55. The molecule has 1 unspecified atom stereocenters. The van der Waals surface area contributed by atoms with Crippen LogP contribution < -0.4 is 15.8 Å². The molecular formula is C14H13N3O4. The minimum absolute atomic E-state index is 0.0167. The summed E-state index contributed by atoms with van der Waals surface area (Å²) in [5, 5.41) is 0. The monoisotopic (exact) mass is 287 g/mol. The van der Waals surface area contributed by atoms with Crippen LogP contribution in [0.3, 0.4) is 0 Å². The summed E-state index contributed by atoms with van der Waals surface area (Å²) in [5.41, 5.74) is 6.58. The molecule has 2 N–H and O–H groups in total. The van der Waals surface area contributed by atoms with Crippen LogP contribution in [0.25, 0.3) is 0 Å². The highest BCUT2D eigenvalue weighted by atomic mass is 16.5. The number of nitrogens with zero attached hydrogens (tertiary/aromatic N) is 1. The van der Waals surface area contributed by atoms with Crippen LogP contribution >= 0.6 is 0 Å². The summed E-state index contributed by atoms with van der Waals surface area (Å²) in [4.78, 5) is 37.7. The van der Waals surface area contributed by atoms with Crippen LogP contribution in [0.1, 0.15) is 5.56 Å². The van der Waals surface area contributed by atoms with Gasteiger partial charge >= 0.3 is 5.97 Å². The van der Waals surface area contributed by atoms with Crippen molar-refractivity contribution in [3.05, 3.63) is 41.1 Å². The lowest BCUT2D eigenvalue weighted by Crippen LogP contribution is -2.42. The largest absolute Gasteiger partial charge is 0.464 e. The number of anilines is 1. The number of methoxy groups -OCH3 is 1. The Balaban J connectivity index is 2.09. The van der Waals surface area contributed by atoms with E-state index in [-0.39, 0.29) is 11.3 Å². The zero-order chi connectivity index (χ0) is 15.1. The zero-order valence-electron chi connectivity index (χ0n) is 11.5. The zero-order valence-corrected chi connectivity index (χ0v) is 11.5. The minimum Gasteiger partial charge on any atom is -0.464 e. The molecule has 2 aliphatic heterocycles. The van der Waals surface area contributed by atoms with Gasteiger partial charge in [0, 0.05) is 0 Å². The fraction of sp³-hybridized carbons (Fsp3) is 0.214. The second-order valence-corrected chi connectivity index (χ2v) is 4.75. The van der Waals surface area contributed by atoms with E-state index in [1.54, 1.807) is 12.1 Å². The standard InChI is InChI=1S/C14H13N3O4/c1-7-5-3-4-6-8(7)17-12(18)9-10(13(17)19)15-16-11(9)14(20)21-2/h3-6,10,15-16H,1-2H3. The molecule has 0 radical (unpaired) electrons. The van der Waals surface area contributed by atoms with Crippen molar-refractivity contribution in [1.82, 2.24) is 10.9 Å². The maximum atomic E-state index is 12.5. The lowest BCUT2D eigenvalue weighted by molar-refractivity contribution is -0.137. The van der Waals surface area contributed by atoms with Crippen molar-refractivity contribution in [3.63, 3.8) is 0 Å². The maximum Gasteiger partial charge on any atom is 0.356 e. The topological polar surface area (TPSA) is 87.7 Å². The number of aryl methyl sites for hydroxylation is 1. The average molecular weight is 287 g/mol. The molecule has 1 aromatic rings. The van der Waals surface area contributed by atoms with Crippen LogP contribution in [0.15, 0.2) is 35.5 Å². The number of hydrogen-bond donors (Lipinski definition) is 2. The van der Waals surface area contributed by atoms with Gasteiger partial charge in [-0.3, -0.25) is 9.59 Å². The van der Waals surface area contributed by atoms with Gasteiger partial charge in [-0.05, 0) is 18.6 Å². The van der Waals surface area contributed by atoms with E-state index >= 15 is 0 Å². The predicted octanol–water partition coefficient (Wildman–Crippen LogP) is -0.228. The molecule has 0 saturated carbocycles. The highest BCUT2D eigenvalue weighted by molar-refractivity contribution is 6.33. The molecule has 7 nitrogen and oxygen atoms in total. The molecule has 21 heavy (non-hydrogen) atoms. The number of fused-ring (bicyclic) bond motifs is 1. The first-order valence-corrected chi connectivity index (χ1v) is 6.34. The number of esters is 1. The Morgan fingerprint density at radius 2 is 2.00 bits per heavy atom. The van der Waals surface area contributed by atoms with Gasteiger partial charge in [0.25, 0.3) is 11.8 Å². The maximum absolute atomic E-state index is 12.5. The number of rotatable bonds is 2. The Kier molecular flexibility index (Phi) is 2.99. The smallest absolute Gasteiger partial charge is 0.356 e. The number of carbonyl (C=O) groups excluding carboxylic acids is 3. The number of hydrogen-bond acceptors (Lipinski definition) is 6. The van der Waals surface area contributed by atoms with E-state index in [0.29, 0.717) is 5.69 Å². The van der Waals surface area contributed by atoms with Gasteiger partial charge in [-0.15, -0.1) is 0 Å². The third-order valence-electron chi connectivity index (χ3n) is 3.55. The summed E-state index contributed by atoms with van der Waals surface area (Å²) >= 11 is 0. The summed E-state index contributed by atoms with van der Waals surface area (Å²) in [6, 6.07) is 6.21. The van der Waals surface area contributed by atoms with Gasteiger partial charge in [0.1, 0.15) is 11.7 Å². The third kappa shape index (κ3) is 1.82. The molecule has 0 spiro atoms. The van der Waals surface area contributed by atoms with Crippen LogP contribution in [0.5, 0.6) is 0 Å². The Bertz CT molecular complexity index is 695. The van der Waals surface area contributed by atoms with Gasteiger partial charge in [0.15, 0.2) is 0 Å². The number of benzene rings is 1. The van der Waals surface area contributed by atoms with Crippen molar-refractivity contribution >= 4 is 23.5 Å². The molecule has 0 aromatic heterocycles. The number of hydrazine groups is 1. The van der Waals surface area contributed by atoms with Crippen molar-refractivity contribution in [2.24, 2.45) is 0 Å². The van der Waals surface area contributed by atoms with E-state index < -0.39 is 23.8 Å². The number of nitrogens with one attached hydrogen (secondary N) is 2. The molecule has 3 rings (SSSR count). The Morgan fingerprint density at radius 3 is 2.67 bits per heavy atom. The Morgan fingerprint density at radius 1 is 1.29 bits per heavy atom. The molecule has 1 aromatic carbocycles. The van der Waals surface area contributed by atoms with Crippen molar-refractivity contribution < 1.29 is 19.1 Å². The first-order chi connectivity index (χ1) is 10.1. The molecule has 2 aliphatic rings. The van der Waals surface area contributed by atoms with Gasteiger partial charge in [-0.1, -0.05) is 18.2 Å². The second-order valence-electron chi connectivity index (χ2n) is 4.75. The minimum atomic E-state index is -0.869. The Labute approximate surface area is 120 Å². The first-order valence-electron chi connectivity index (χ1n) is 6.34. The van der Waals surface area contributed by atoms with Crippen LogP contribution in [-0.2, 0) is 19.1 Å². The molecular weight excluding hydrogens is 274 g/mol. The van der Waals surface area contributed by atoms with Gasteiger partial charge in [0.2, 0.25) is 0 Å². The second kappa shape index (κ2) is 4.71. The summed E-state index contributed by atoms with van der Waals surface area (Å²) < 4.78 is 4.61. The van der Waals surface area contributed by atoms with Crippen molar-refractivity contribution in [3.8, 4) is 0 Å². The summed E-state index contributed by atoms with van der Waals surface area (Å²) in [7, 11) is 1.21. The molecule has 0 bridgehead atoms. The molecule has 1 fully saturated rings. The fourth-order valence-corrected chi connectivity index (χ4v) is 2.50. The van der Waals surface area contributed by atoms with Crippen molar-refractivity contribution in [2.45, 2.75) is 13.0 Å². The highest BCUT2D eigenvalue weighted by Gasteiger charge is 2.50. The number of para-hydroxylation sites is 1. The van der Waals surface area contributed by atoms with Crippen LogP contribution in [0, 0.1) is 6.92 Å². The molecule has 2 amide bonds. The molecule has 2 heterocycles. The van der Waals surface area contributed by atoms with Crippen LogP contribution in [-0.4, -0.2) is 30.9 Å². The van der Waals surface area contributed by atoms with E-state index in [1.807, 2.05) is 19.1 Å². The lowest BCUT2D eigenvalue weighted by atomic mass is 10.1. The van der Waals surface area contributed by atoms with Gasteiger partial charge in [0.05, 0.1) is 18.4 Å². The average Bonchev–Trinajstić information content (AvgIpc) is 3.01. The van der Waals surface area contributed by atoms with E-state index in [4.69, 9.17) is 0 Å². The molecule has 7 heteroatoms. The highest BCUT2D eigenvalue weighted by Crippen LogP contribution is 2.31. The van der Waals surface area contributed by atoms with E-state index in [0.717, 1.165) is 10.5 Å². The number of imide groups is 1. The van der Waals surface area contributed by atoms with Crippen molar-refractivity contribution in [1.29, 1.82) is 0 Å². The first kappa shape index (κ1) is 13.3. The van der Waals surface area contributed by atoms with Gasteiger partial charge in [-0.25, -0.2) is 15.1 Å². The molecule has 1 atom stereocenters. The molecule has 0 aliphatic carbocycles. The summed E-state index contributed by atoms with van der Waals surface area (Å²) in [6.45, 7) is 1.81.